The van der Waals surface area contributed by atoms with Crippen LogP contribution < -0.4 is 10.6 Å². The van der Waals surface area contributed by atoms with E-state index in [0.29, 0.717) is 13.1 Å². The lowest BCUT2D eigenvalue weighted by atomic mass is 10.3. The largest absolute Gasteiger partial charge is 0.469 e. The zero-order valence-corrected chi connectivity index (χ0v) is 8.96. The third-order valence-corrected chi connectivity index (χ3v) is 1.60. The van der Waals surface area contributed by atoms with E-state index in [2.05, 4.69) is 15.4 Å². The van der Waals surface area contributed by atoms with Gasteiger partial charge in [0, 0.05) is 26.4 Å². The molecule has 0 aliphatic heterocycles. The number of amides is 2. The van der Waals surface area contributed by atoms with E-state index in [1.54, 1.807) is 0 Å². The minimum atomic E-state index is -0.410. The first-order chi connectivity index (χ1) is 7.06. The fourth-order valence-electron chi connectivity index (χ4n) is 0.846. The van der Waals surface area contributed by atoms with Gasteiger partial charge in [-0.15, -0.1) is 0 Å². The SMILES string of the molecule is COC(=O)CCC(=O)NCCNC(C)=O. The first kappa shape index (κ1) is 13.4. The third kappa shape index (κ3) is 8.73. The summed E-state index contributed by atoms with van der Waals surface area (Å²) in [5.41, 5.74) is 0. The minimum absolute atomic E-state index is 0.0719. The Kier molecular flexibility index (Phi) is 6.96. The number of hydrogen-bond acceptors (Lipinski definition) is 4. The lowest BCUT2D eigenvalue weighted by Crippen LogP contribution is -2.33. The Hall–Kier alpha value is -1.59. The third-order valence-electron chi connectivity index (χ3n) is 1.60. The molecule has 0 aliphatic rings. The van der Waals surface area contributed by atoms with Crippen LogP contribution in [0.4, 0.5) is 0 Å². The van der Waals surface area contributed by atoms with Crippen molar-refractivity contribution in [1.29, 1.82) is 0 Å². The molecule has 0 spiro atoms. The molecule has 6 heteroatoms. The molecule has 86 valence electrons. The first-order valence-electron chi connectivity index (χ1n) is 4.64. The van der Waals surface area contributed by atoms with Crippen LogP contribution in [-0.2, 0) is 19.1 Å². The number of carbonyl (C=O) groups excluding carboxylic acids is 3. The average Bonchev–Trinajstić information content (AvgIpc) is 2.20. The standard InChI is InChI=1S/C9H16N2O4/c1-7(12)10-5-6-11-8(13)3-4-9(14)15-2/h3-6H2,1-2H3,(H,10,12)(H,11,13). The predicted octanol–water partition coefficient (Wildman–Crippen LogP) is -0.808. The summed E-state index contributed by atoms with van der Waals surface area (Å²) < 4.78 is 4.38. The molecule has 0 heterocycles. The molecule has 0 aromatic heterocycles. The number of methoxy groups -OCH3 is 1. The molecule has 0 fully saturated rings. The summed E-state index contributed by atoms with van der Waals surface area (Å²) in [5, 5.41) is 5.09. The van der Waals surface area contributed by atoms with Gasteiger partial charge in [0.05, 0.1) is 13.5 Å². The highest BCUT2D eigenvalue weighted by molar-refractivity contribution is 5.81. The maximum Gasteiger partial charge on any atom is 0.306 e. The van der Waals surface area contributed by atoms with Crippen LogP contribution >= 0.6 is 0 Å². The van der Waals surface area contributed by atoms with E-state index in [9.17, 15) is 14.4 Å². The van der Waals surface area contributed by atoms with Gasteiger partial charge >= 0.3 is 5.97 Å². The zero-order chi connectivity index (χ0) is 11.7. The Morgan fingerprint density at radius 3 is 2.20 bits per heavy atom. The summed E-state index contributed by atoms with van der Waals surface area (Å²) in [5.74, 6) is -0.781. The van der Waals surface area contributed by atoms with Crippen molar-refractivity contribution in [1.82, 2.24) is 10.6 Å². The van der Waals surface area contributed by atoms with Gasteiger partial charge in [0.2, 0.25) is 11.8 Å². The van der Waals surface area contributed by atoms with Gasteiger partial charge in [-0.05, 0) is 0 Å². The van der Waals surface area contributed by atoms with Gasteiger partial charge < -0.3 is 15.4 Å². The van der Waals surface area contributed by atoms with E-state index < -0.39 is 5.97 Å². The maximum atomic E-state index is 11.1. The molecule has 0 saturated carbocycles. The van der Waals surface area contributed by atoms with E-state index in [4.69, 9.17) is 0 Å². The smallest absolute Gasteiger partial charge is 0.306 e. The molecule has 0 aromatic carbocycles. The van der Waals surface area contributed by atoms with E-state index >= 15 is 0 Å². The molecule has 0 radical (unpaired) electrons. The van der Waals surface area contributed by atoms with Crippen molar-refractivity contribution in [3.05, 3.63) is 0 Å². The topological polar surface area (TPSA) is 84.5 Å². The molecule has 2 N–H and O–H groups in total. The highest BCUT2D eigenvalue weighted by atomic mass is 16.5. The summed E-state index contributed by atoms with van der Waals surface area (Å²) >= 11 is 0. The molecule has 6 nitrogen and oxygen atoms in total. The highest BCUT2D eigenvalue weighted by Crippen LogP contribution is 1.90. The van der Waals surface area contributed by atoms with Crippen molar-refractivity contribution in [2.75, 3.05) is 20.2 Å². The Morgan fingerprint density at radius 2 is 1.67 bits per heavy atom. The highest BCUT2D eigenvalue weighted by Gasteiger charge is 2.05. The van der Waals surface area contributed by atoms with Crippen LogP contribution in [0.25, 0.3) is 0 Å². The molecule has 0 atom stereocenters. The van der Waals surface area contributed by atoms with Gasteiger partial charge in [0.15, 0.2) is 0 Å². The predicted molar refractivity (Wildman–Crippen MR) is 52.9 cm³/mol. The van der Waals surface area contributed by atoms with E-state index in [0.717, 1.165) is 0 Å². The molecule has 0 aromatic rings. The normalized spacial score (nSPS) is 9.20. The molecule has 0 aliphatic carbocycles. The van der Waals surface area contributed by atoms with Crippen molar-refractivity contribution in [3.63, 3.8) is 0 Å². The second-order valence-electron chi connectivity index (χ2n) is 2.91. The first-order valence-corrected chi connectivity index (χ1v) is 4.64. The maximum absolute atomic E-state index is 11.1. The number of hydrogen-bond donors (Lipinski definition) is 2. The molecule has 0 unspecified atom stereocenters. The van der Waals surface area contributed by atoms with Gasteiger partial charge in [0.25, 0.3) is 0 Å². The van der Waals surface area contributed by atoms with Gasteiger partial charge in [-0.3, -0.25) is 14.4 Å². The number of ether oxygens (including phenoxy) is 1. The molecule has 15 heavy (non-hydrogen) atoms. The van der Waals surface area contributed by atoms with Crippen LogP contribution in [0.15, 0.2) is 0 Å². The van der Waals surface area contributed by atoms with Crippen LogP contribution in [-0.4, -0.2) is 38.0 Å². The molecule has 0 rings (SSSR count). The van der Waals surface area contributed by atoms with Gasteiger partial charge in [0.1, 0.15) is 0 Å². The number of nitrogens with one attached hydrogen (secondary N) is 2. The minimum Gasteiger partial charge on any atom is -0.469 e. The molecule has 0 saturated heterocycles. The van der Waals surface area contributed by atoms with Gasteiger partial charge in [-0.25, -0.2) is 0 Å². The average molecular weight is 216 g/mol. The second-order valence-corrected chi connectivity index (χ2v) is 2.91. The van der Waals surface area contributed by atoms with Crippen molar-refractivity contribution in [3.8, 4) is 0 Å². The molecular formula is C9H16N2O4. The number of rotatable bonds is 6. The molecule has 0 bridgehead atoms. The molecular weight excluding hydrogens is 200 g/mol. The Morgan fingerprint density at radius 1 is 1.07 bits per heavy atom. The van der Waals surface area contributed by atoms with Crippen LogP contribution in [0.2, 0.25) is 0 Å². The van der Waals surface area contributed by atoms with Crippen molar-refractivity contribution >= 4 is 17.8 Å². The van der Waals surface area contributed by atoms with Gasteiger partial charge in [-0.1, -0.05) is 0 Å². The number of esters is 1. The quantitative estimate of drug-likeness (QED) is 0.449. The summed E-state index contributed by atoms with van der Waals surface area (Å²) in [6.07, 6.45) is 0.176. The lowest BCUT2D eigenvalue weighted by molar-refractivity contribution is -0.142. The van der Waals surface area contributed by atoms with E-state index in [1.165, 1.54) is 14.0 Å². The summed E-state index contributed by atoms with van der Waals surface area (Å²) in [4.78, 5) is 32.2. The summed E-state index contributed by atoms with van der Waals surface area (Å²) in [7, 11) is 1.27. The van der Waals surface area contributed by atoms with Crippen LogP contribution in [0.3, 0.4) is 0 Å². The van der Waals surface area contributed by atoms with Gasteiger partial charge in [-0.2, -0.15) is 0 Å². The Balaban J connectivity index is 3.41. The number of carbonyl (C=O) groups is 3. The van der Waals surface area contributed by atoms with Crippen molar-refractivity contribution in [2.45, 2.75) is 19.8 Å². The van der Waals surface area contributed by atoms with E-state index in [1.807, 2.05) is 0 Å². The second kappa shape index (κ2) is 7.78. The van der Waals surface area contributed by atoms with Crippen LogP contribution in [0, 0.1) is 0 Å². The van der Waals surface area contributed by atoms with Crippen LogP contribution in [0.5, 0.6) is 0 Å². The van der Waals surface area contributed by atoms with Crippen molar-refractivity contribution in [2.24, 2.45) is 0 Å². The summed E-state index contributed by atoms with van der Waals surface area (Å²) in [6.45, 7) is 2.15. The van der Waals surface area contributed by atoms with E-state index in [-0.39, 0.29) is 24.7 Å². The van der Waals surface area contributed by atoms with Crippen LogP contribution in [0.1, 0.15) is 19.8 Å². The molecule has 2 amide bonds. The lowest BCUT2D eigenvalue weighted by Gasteiger charge is -2.04. The fraction of sp³-hybridized carbons (Fsp3) is 0.667. The monoisotopic (exact) mass is 216 g/mol. The summed E-state index contributed by atoms with van der Waals surface area (Å²) in [6, 6.07) is 0. The van der Waals surface area contributed by atoms with Crippen molar-refractivity contribution < 1.29 is 19.1 Å². The fourth-order valence-corrected chi connectivity index (χ4v) is 0.846. The Bertz CT molecular complexity index is 240. The zero-order valence-electron chi connectivity index (χ0n) is 8.96. The Labute approximate surface area is 88.4 Å².